The molecule has 1 aliphatic rings. The topological polar surface area (TPSA) is 38.0 Å². The largest absolute Gasteiger partial charge is 0.330 e. The first-order valence-electron chi connectivity index (χ1n) is 5.80. The van der Waals surface area contributed by atoms with Gasteiger partial charge in [0.2, 0.25) is 0 Å². The average molecular weight is 224 g/mol. The van der Waals surface area contributed by atoms with Crippen LogP contribution in [-0.2, 0) is 0 Å². The summed E-state index contributed by atoms with van der Waals surface area (Å²) < 4.78 is 0. The molecule has 0 radical (unpaired) electrons. The van der Waals surface area contributed by atoms with E-state index in [2.05, 4.69) is 29.8 Å². The summed E-state index contributed by atoms with van der Waals surface area (Å²) in [5.41, 5.74) is 5.78. The highest BCUT2D eigenvalue weighted by atomic mass is 32.1. The van der Waals surface area contributed by atoms with Crippen molar-refractivity contribution in [1.82, 2.24) is 5.32 Å². The minimum absolute atomic E-state index is 0.474. The van der Waals surface area contributed by atoms with Crippen LogP contribution in [0.15, 0.2) is 17.5 Å². The minimum Gasteiger partial charge on any atom is -0.330 e. The molecule has 3 unspecified atom stereocenters. The van der Waals surface area contributed by atoms with Crippen LogP contribution >= 0.6 is 11.3 Å². The maximum absolute atomic E-state index is 5.78. The molecule has 0 aromatic carbocycles. The summed E-state index contributed by atoms with van der Waals surface area (Å²) in [7, 11) is 0. The second-order valence-corrected chi connectivity index (χ2v) is 5.42. The molecule has 1 aromatic rings. The van der Waals surface area contributed by atoms with Gasteiger partial charge in [-0.15, -0.1) is 11.3 Å². The summed E-state index contributed by atoms with van der Waals surface area (Å²) in [5, 5.41) is 5.85. The van der Waals surface area contributed by atoms with Crippen LogP contribution in [0.4, 0.5) is 0 Å². The lowest BCUT2D eigenvalue weighted by molar-refractivity contribution is 0.376. The van der Waals surface area contributed by atoms with Crippen molar-refractivity contribution in [2.75, 3.05) is 6.54 Å². The zero-order valence-electron chi connectivity index (χ0n) is 9.28. The van der Waals surface area contributed by atoms with Gasteiger partial charge in [-0.2, -0.15) is 0 Å². The zero-order chi connectivity index (χ0) is 10.7. The van der Waals surface area contributed by atoms with Crippen molar-refractivity contribution in [3.8, 4) is 0 Å². The van der Waals surface area contributed by atoms with Gasteiger partial charge in [0.25, 0.3) is 0 Å². The third-order valence-electron chi connectivity index (χ3n) is 3.40. The molecule has 3 atom stereocenters. The van der Waals surface area contributed by atoms with Crippen molar-refractivity contribution < 1.29 is 0 Å². The van der Waals surface area contributed by atoms with Gasteiger partial charge in [0.15, 0.2) is 0 Å². The van der Waals surface area contributed by atoms with Crippen LogP contribution in [0, 0.1) is 5.92 Å². The van der Waals surface area contributed by atoms with E-state index < -0.39 is 0 Å². The first-order chi connectivity index (χ1) is 7.31. The first kappa shape index (κ1) is 11.1. The van der Waals surface area contributed by atoms with E-state index >= 15 is 0 Å². The normalized spacial score (nSPS) is 28.1. The second-order valence-electron chi connectivity index (χ2n) is 4.44. The molecule has 84 valence electrons. The van der Waals surface area contributed by atoms with E-state index in [1.807, 2.05) is 11.3 Å². The highest BCUT2D eigenvalue weighted by molar-refractivity contribution is 7.10. The smallest absolute Gasteiger partial charge is 0.0388 e. The van der Waals surface area contributed by atoms with Crippen LogP contribution in [0.2, 0.25) is 0 Å². The van der Waals surface area contributed by atoms with Crippen molar-refractivity contribution in [3.63, 3.8) is 0 Å². The molecule has 15 heavy (non-hydrogen) atoms. The average Bonchev–Trinajstić information content (AvgIpc) is 2.87. The van der Waals surface area contributed by atoms with Crippen LogP contribution in [0.5, 0.6) is 0 Å². The van der Waals surface area contributed by atoms with Crippen LogP contribution in [-0.4, -0.2) is 12.6 Å². The predicted octanol–water partition coefficient (Wildman–Crippen LogP) is 2.53. The van der Waals surface area contributed by atoms with Crippen molar-refractivity contribution >= 4 is 11.3 Å². The van der Waals surface area contributed by atoms with E-state index in [1.165, 1.54) is 24.1 Å². The quantitative estimate of drug-likeness (QED) is 0.825. The van der Waals surface area contributed by atoms with E-state index in [1.54, 1.807) is 0 Å². The summed E-state index contributed by atoms with van der Waals surface area (Å²) >= 11 is 1.83. The predicted molar refractivity (Wildman–Crippen MR) is 66.1 cm³/mol. The summed E-state index contributed by atoms with van der Waals surface area (Å²) in [4.78, 5) is 1.43. The van der Waals surface area contributed by atoms with Gasteiger partial charge < -0.3 is 11.1 Å². The third-order valence-corrected chi connectivity index (χ3v) is 4.45. The van der Waals surface area contributed by atoms with Gasteiger partial charge in [-0.3, -0.25) is 0 Å². The summed E-state index contributed by atoms with van der Waals surface area (Å²) in [6, 6.07) is 5.43. The molecule has 1 fully saturated rings. The van der Waals surface area contributed by atoms with Crippen LogP contribution in [0.3, 0.4) is 0 Å². The van der Waals surface area contributed by atoms with Gasteiger partial charge in [0.05, 0.1) is 0 Å². The van der Waals surface area contributed by atoms with Gasteiger partial charge in [0, 0.05) is 17.0 Å². The SMILES string of the molecule is CC(NC1CCCC1CN)c1cccs1. The Labute approximate surface area is 95.9 Å². The molecular formula is C12H20N2S. The van der Waals surface area contributed by atoms with Crippen LogP contribution in [0.25, 0.3) is 0 Å². The van der Waals surface area contributed by atoms with Gasteiger partial charge >= 0.3 is 0 Å². The molecule has 0 bridgehead atoms. The molecule has 1 aliphatic carbocycles. The highest BCUT2D eigenvalue weighted by Crippen LogP contribution is 2.28. The number of nitrogens with one attached hydrogen (secondary N) is 1. The molecule has 1 saturated carbocycles. The Hall–Kier alpha value is -0.380. The third kappa shape index (κ3) is 2.60. The number of nitrogens with two attached hydrogens (primary N) is 1. The summed E-state index contributed by atoms with van der Waals surface area (Å²) in [6.07, 6.45) is 3.92. The zero-order valence-corrected chi connectivity index (χ0v) is 10.1. The molecule has 0 amide bonds. The Kier molecular flexibility index (Phi) is 3.78. The monoisotopic (exact) mass is 224 g/mol. The van der Waals surface area contributed by atoms with E-state index in [9.17, 15) is 0 Å². The van der Waals surface area contributed by atoms with Crippen LogP contribution < -0.4 is 11.1 Å². The van der Waals surface area contributed by atoms with Crippen LogP contribution in [0.1, 0.15) is 37.1 Å². The van der Waals surface area contributed by atoms with Gasteiger partial charge in [0.1, 0.15) is 0 Å². The van der Waals surface area contributed by atoms with Crippen molar-refractivity contribution in [3.05, 3.63) is 22.4 Å². The molecular weight excluding hydrogens is 204 g/mol. The Morgan fingerprint density at radius 3 is 3.13 bits per heavy atom. The molecule has 3 N–H and O–H groups in total. The molecule has 0 saturated heterocycles. The van der Waals surface area contributed by atoms with Crippen molar-refractivity contribution in [1.29, 1.82) is 0 Å². The van der Waals surface area contributed by atoms with Gasteiger partial charge in [-0.25, -0.2) is 0 Å². The molecule has 3 heteroatoms. The minimum atomic E-state index is 0.474. The van der Waals surface area contributed by atoms with Crippen molar-refractivity contribution in [2.24, 2.45) is 11.7 Å². The molecule has 0 spiro atoms. The van der Waals surface area contributed by atoms with Gasteiger partial charge in [-0.05, 0) is 43.7 Å². The van der Waals surface area contributed by atoms with Gasteiger partial charge in [-0.1, -0.05) is 12.5 Å². The number of hydrogen-bond donors (Lipinski definition) is 2. The Bertz CT molecular complexity index is 284. The fourth-order valence-corrected chi connectivity index (χ4v) is 3.22. The van der Waals surface area contributed by atoms with E-state index in [0.29, 0.717) is 18.0 Å². The Morgan fingerprint density at radius 1 is 1.60 bits per heavy atom. The summed E-state index contributed by atoms with van der Waals surface area (Å²) in [5.74, 6) is 0.687. The summed E-state index contributed by atoms with van der Waals surface area (Å²) in [6.45, 7) is 3.08. The van der Waals surface area contributed by atoms with E-state index in [4.69, 9.17) is 5.73 Å². The lowest BCUT2D eigenvalue weighted by Gasteiger charge is -2.23. The number of thiophene rings is 1. The fraction of sp³-hybridized carbons (Fsp3) is 0.667. The number of hydrogen-bond acceptors (Lipinski definition) is 3. The molecule has 1 aromatic heterocycles. The molecule has 2 nitrogen and oxygen atoms in total. The maximum atomic E-state index is 5.78. The van der Waals surface area contributed by atoms with E-state index in [-0.39, 0.29) is 0 Å². The standard InChI is InChI=1S/C12H20N2S/c1-9(12-6-3-7-15-12)14-11-5-2-4-10(11)8-13/h3,6-7,9-11,14H,2,4-5,8,13H2,1H3. The molecule has 0 aliphatic heterocycles. The van der Waals surface area contributed by atoms with Crippen molar-refractivity contribution in [2.45, 2.75) is 38.3 Å². The second kappa shape index (κ2) is 5.10. The lowest BCUT2D eigenvalue weighted by Crippen LogP contribution is -2.37. The Morgan fingerprint density at radius 2 is 2.47 bits per heavy atom. The molecule has 2 rings (SSSR count). The lowest BCUT2D eigenvalue weighted by atomic mass is 10.0. The highest BCUT2D eigenvalue weighted by Gasteiger charge is 2.27. The first-order valence-corrected chi connectivity index (χ1v) is 6.68. The Balaban J connectivity index is 1.91. The number of rotatable bonds is 4. The molecule has 1 heterocycles. The fourth-order valence-electron chi connectivity index (χ4n) is 2.48. The van der Waals surface area contributed by atoms with E-state index in [0.717, 1.165) is 6.54 Å². The maximum Gasteiger partial charge on any atom is 0.0388 e.